The van der Waals surface area contributed by atoms with Crippen molar-refractivity contribution in [2.45, 2.75) is 25.6 Å². The Kier molecular flexibility index (Phi) is 12.9. The predicted octanol–water partition coefficient (Wildman–Crippen LogP) is 5.23. The summed E-state index contributed by atoms with van der Waals surface area (Å²) >= 11 is 0. The third-order valence-electron chi connectivity index (χ3n) is 5.57. The lowest BCUT2D eigenvalue weighted by Crippen LogP contribution is -2.30. The van der Waals surface area contributed by atoms with Crippen molar-refractivity contribution in [3.05, 3.63) is 126 Å². The van der Waals surface area contributed by atoms with Gasteiger partial charge < -0.3 is 25.8 Å². The average molecular weight is 604 g/mol. The number of ether oxygens (including phenoxy) is 1. The number of nitrogens with one attached hydrogen (secondary N) is 3. The summed E-state index contributed by atoms with van der Waals surface area (Å²) in [4.78, 5) is 38.5. The molecule has 0 aliphatic carbocycles. The number of benzene rings is 3. The molecule has 4 rings (SSSR count). The molecule has 4 N–H and O–H groups in total. The first-order chi connectivity index (χ1) is 20.8. The number of urea groups is 1. The van der Waals surface area contributed by atoms with Crippen molar-refractivity contribution in [3.63, 3.8) is 0 Å². The Morgan fingerprint density at radius 3 is 2.19 bits per heavy atom. The van der Waals surface area contributed by atoms with Crippen LogP contribution in [0.2, 0.25) is 0 Å². The van der Waals surface area contributed by atoms with Gasteiger partial charge in [0.2, 0.25) is 0 Å². The second kappa shape index (κ2) is 17.3. The zero-order valence-corrected chi connectivity index (χ0v) is 23.6. The molecule has 0 radical (unpaired) electrons. The third-order valence-corrected chi connectivity index (χ3v) is 5.93. The van der Waals surface area contributed by atoms with Gasteiger partial charge in [-0.1, -0.05) is 60.7 Å². The molecule has 222 valence electrons. The zero-order chi connectivity index (χ0) is 30.9. The highest BCUT2D eigenvalue weighted by Gasteiger charge is 2.19. The van der Waals surface area contributed by atoms with E-state index in [9.17, 15) is 22.8 Å². The second-order valence-electron chi connectivity index (χ2n) is 8.79. The number of carbonyl (C=O) groups excluding carboxylic acids is 2. The predicted molar refractivity (Wildman–Crippen MR) is 159 cm³/mol. The van der Waals surface area contributed by atoms with Crippen molar-refractivity contribution in [2.75, 3.05) is 5.32 Å². The van der Waals surface area contributed by atoms with E-state index in [4.69, 9.17) is 9.84 Å². The van der Waals surface area contributed by atoms with E-state index >= 15 is 0 Å². The first-order valence-electron chi connectivity index (χ1n) is 12.9. The molecule has 0 saturated carbocycles. The van der Waals surface area contributed by atoms with Gasteiger partial charge >= 0.3 is 28.6 Å². The van der Waals surface area contributed by atoms with Crippen LogP contribution in [-0.4, -0.2) is 36.6 Å². The van der Waals surface area contributed by atoms with Crippen LogP contribution < -0.4 is 16.0 Å². The number of pyridine rings is 1. The lowest BCUT2D eigenvalue weighted by atomic mass is 10.0. The number of amides is 3. The van der Waals surface area contributed by atoms with Crippen LogP contribution in [0.5, 0.6) is 0 Å². The van der Waals surface area contributed by atoms with E-state index < -0.39 is 35.0 Å². The number of para-hydroxylation sites is 1. The largest absolute Gasteiger partial charge is 0.481 e. The number of alkyl carbamates (subject to hydrolysis) is 1. The average Bonchev–Trinajstić information content (AvgIpc) is 3.00. The number of rotatable bonds is 10. The summed E-state index contributed by atoms with van der Waals surface area (Å²) in [5.41, 5.74) is 3.11. The third kappa shape index (κ3) is 12.7. The van der Waals surface area contributed by atoms with Gasteiger partial charge in [0, 0.05) is 24.6 Å². The van der Waals surface area contributed by atoms with Crippen molar-refractivity contribution in [2.24, 2.45) is 4.36 Å². The van der Waals surface area contributed by atoms with Gasteiger partial charge in [0.1, 0.15) is 6.61 Å². The van der Waals surface area contributed by atoms with E-state index in [1.54, 1.807) is 42.7 Å². The minimum Gasteiger partial charge on any atom is -0.481 e. The van der Waals surface area contributed by atoms with Gasteiger partial charge in [-0.25, -0.2) is 9.59 Å². The molecule has 43 heavy (non-hydrogen) atoms. The Bertz CT molecular complexity index is 1610. The smallest absolute Gasteiger partial charge is 0.407 e. The van der Waals surface area contributed by atoms with Crippen LogP contribution in [0.1, 0.15) is 29.2 Å². The number of aliphatic carboxylic acids is 1. The molecule has 3 amide bonds. The highest BCUT2D eigenvalue weighted by Crippen LogP contribution is 2.22. The van der Waals surface area contributed by atoms with E-state index in [2.05, 4.69) is 25.3 Å². The fourth-order valence-electron chi connectivity index (χ4n) is 3.60. The Labute approximate surface area is 249 Å². The summed E-state index contributed by atoms with van der Waals surface area (Å²) < 4.78 is 29.8. The summed E-state index contributed by atoms with van der Waals surface area (Å²) in [6.07, 6.45) is 2.22. The lowest BCUT2D eigenvalue weighted by Gasteiger charge is -2.17. The van der Waals surface area contributed by atoms with E-state index in [1.807, 2.05) is 48.5 Å². The van der Waals surface area contributed by atoms with Crippen molar-refractivity contribution in [3.8, 4) is 0 Å². The molecule has 13 heteroatoms. The van der Waals surface area contributed by atoms with Gasteiger partial charge in [0.25, 0.3) is 0 Å². The van der Waals surface area contributed by atoms with Crippen LogP contribution in [0.15, 0.2) is 114 Å². The quantitative estimate of drug-likeness (QED) is 0.191. The van der Waals surface area contributed by atoms with Gasteiger partial charge in [-0.2, -0.15) is 8.42 Å². The zero-order valence-electron chi connectivity index (χ0n) is 22.8. The van der Waals surface area contributed by atoms with Crippen molar-refractivity contribution < 1.29 is 32.6 Å². The summed E-state index contributed by atoms with van der Waals surface area (Å²) in [7, 11) is -2.64. The number of aromatic nitrogens is 1. The van der Waals surface area contributed by atoms with Crippen LogP contribution in [0.3, 0.4) is 0 Å². The highest BCUT2D eigenvalue weighted by atomic mass is 32.2. The van der Waals surface area contributed by atoms with E-state index in [0.717, 1.165) is 16.8 Å². The monoisotopic (exact) mass is 603 g/mol. The molecule has 0 bridgehead atoms. The molecule has 1 heterocycles. The fourth-order valence-corrected chi connectivity index (χ4v) is 3.88. The van der Waals surface area contributed by atoms with Crippen LogP contribution >= 0.6 is 0 Å². The number of carbonyl (C=O) groups is 3. The first-order valence-corrected chi connectivity index (χ1v) is 13.9. The molecule has 0 aliphatic rings. The van der Waals surface area contributed by atoms with Crippen LogP contribution in [-0.2, 0) is 33.2 Å². The Hall–Kier alpha value is -5.56. The van der Waals surface area contributed by atoms with Gasteiger partial charge in [-0.15, -0.1) is 4.36 Å². The highest BCUT2D eigenvalue weighted by molar-refractivity contribution is 7.61. The summed E-state index contributed by atoms with van der Waals surface area (Å²) in [5.74, 6) is -1.13. The number of hydrogen-bond donors (Lipinski definition) is 4. The van der Waals surface area contributed by atoms with E-state index in [1.165, 1.54) is 18.2 Å². The number of carboxylic acids is 1. The maximum absolute atomic E-state index is 12.0. The summed E-state index contributed by atoms with van der Waals surface area (Å²) in [6, 6.07) is 26.9. The Morgan fingerprint density at radius 1 is 0.860 bits per heavy atom. The van der Waals surface area contributed by atoms with E-state index in [0.29, 0.717) is 12.1 Å². The second-order valence-corrected chi connectivity index (χ2v) is 9.41. The van der Waals surface area contributed by atoms with E-state index in [-0.39, 0.29) is 18.3 Å². The normalized spacial score (nSPS) is 10.6. The van der Waals surface area contributed by atoms with Gasteiger partial charge in [0.15, 0.2) is 0 Å². The molecule has 1 aromatic heterocycles. The van der Waals surface area contributed by atoms with Crippen molar-refractivity contribution in [1.82, 2.24) is 15.6 Å². The molecule has 0 spiro atoms. The Morgan fingerprint density at radius 2 is 1.53 bits per heavy atom. The fraction of sp³-hybridized carbons (Fsp3) is 0.133. The minimum atomic E-state index is -2.64. The van der Waals surface area contributed by atoms with Gasteiger partial charge in [0.05, 0.1) is 18.2 Å². The number of nitrogens with zero attached hydrogens (tertiary/aromatic N) is 2. The number of hydrogen-bond acceptors (Lipinski definition) is 8. The number of carboxylic acid groups (broad SMARTS) is 1. The minimum absolute atomic E-state index is 0.0387. The van der Waals surface area contributed by atoms with Gasteiger partial charge in [-0.3, -0.25) is 9.78 Å². The maximum atomic E-state index is 12.0. The Balaban J connectivity index is 0.000000257. The molecular formula is C30H29N5O7S. The summed E-state index contributed by atoms with van der Waals surface area (Å²) in [5, 5.41) is 17.1. The van der Waals surface area contributed by atoms with Crippen LogP contribution in [0, 0.1) is 0 Å². The maximum Gasteiger partial charge on any atom is 0.407 e. The molecule has 3 aromatic carbocycles. The molecule has 0 unspecified atom stereocenters. The first kappa shape index (κ1) is 32.0. The van der Waals surface area contributed by atoms with Crippen LogP contribution in [0.25, 0.3) is 0 Å². The molecular weight excluding hydrogens is 574 g/mol. The van der Waals surface area contributed by atoms with Crippen molar-refractivity contribution >= 4 is 40.0 Å². The topological polar surface area (TPSA) is 176 Å². The SMILES string of the molecule is O=C(NCc1ccncc1)Nc1ccccc1.O=C(O)C[C@@H](NC(=O)OCc1ccccc1)c1cccc(N=S(=O)=O)c1. The standard InChI is InChI=1S/C17H16N2O6S.C13H13N3O/c20-16(21)10-15(13-7-4-8-14(9-13)19-26(23)24)18-17(22)25-11-12-5-2-1-3-6-12;17-13(16-12-4-2-1-3-5-12)15-10-11-6-8-14-9-7-11/h1-9,15H,10-11H2,(H,18,22)(H,20,21);1-9H,10H2,(H2,15,16,17)/t15-;/m1./s1. The number of anilines is 1. The molecule has 12 nitrogen and oxygen atoms in total. The van der Waals surface area contributed by atoms with Crippen LogP contribution in [0.4, 0.5) is 21.0 Å². The summed E-state index contributed by atoms with van der Waals surface area (Å²) in [6.45, 7) is 0.526. The lowest BCUT2D eigenvalue weighted by molar-refractivity contribution is -0.137. The molecule has 0 saturated heterocycles. The molecule has 0 fully saturated rings. The molecule has 0 aliphatic heterocycles. The van der Waals surface area contributed by atoms with Crippen molar-refractivity contribution in [1.29, 1.82) is 0 Å². The molecule has 4 aromatic rings. The van der Waals surface area contributed by atoms with Gasteiger partial charge in [-0.05, 0) is 53.1 Å². The molecule has 1 atom stereocenters.